The van der Waals surface area contributed by atoms with Crippen LogP contribution in [0.1, 0.15) is 28.1 Å². The Kier molecular flexibility index (Phi) is 4.46. The Labute approximate surface area is 133 Å². The number of thiophene rings is 1. The predicted molar refractivity (Wildman–Crippen MR) is 85.2 cm³/mol. The highest BCUT2D eigenvalue weighted by atomic mass is 35.5. The first kappa shape index (κ1) is 14.4. The molecular formula is C16H16ClNO2S. The molecule has 2 heterocycles. The lowest BCUT2D eigenvalue weighted by molar-refractivity contribution is 0.0797. The second-order valence-electron chi connectivity index (χ2n) is 5.06. The van der Waals surface area contributed by atoms with Gasteiger partial charge in [-0.3, -0.25) is 4.79 Å². The molecule has 110 valence electrons. The van der Waals surface area contributed by atoms with Crippen molar-refractivity contribution in [1.82, 2.24) is 4.90 Å². The number of hydrogen-bond acceptors (Lipinski definition) is 3. The normalized spacial score (nSPS) is 14.4. The van der Waals surface area contributed by atoms with Gasteiger partial charge >= 0.3 is 0 Å². The predicted octanol–water partition coefficient (Wildman–Crippen LogP) is 4.22. The molecule has 3 nitrogen and oxygen atoms in total. The van der Waals surface area contributed by atoms with Crippen LogP contribution in [0.5, 0.6) is 5.75 Å². The SMILES string of the molecule is O=C(c1cc(COc2ccc(Cl)cc2)cs1)N1CCCC1. The number of amides is 1. The molecule has 2 aromatic rings. The summed E-state index contributed by atoms with van der Waals surface area (Å²) in [6.45, 7) is 2.23. The van der Waals surface area contributed by atoms with Crippen molar-refractivity contribution in [3.63, 3.8) is 0 Å². The smallest absolute Gasteiger partial charge is 0.263 e. The molecule has 1 aliphatic rings. The van der Waals surface area contributed by atoms with Gasteiger partial charge in [-0.15, -0.1) is 11.3 Å². The summed E-state index contributed by atoms with van der Waals surface area (Å²) in [7, 11) is 0. The Morgan fingerprint density at radius 2 is 1.95 bits per heavy atom. The van der Waals surface area contributed by atoms with Crippen molar-refractivity contribution >= 4 is 28.8 Å². The van der Waals surface area contributed by atoms with Crippen LogP contribution in [0.2, 0.25) is 5.02 Å². The third-order valence-electron chi connectivity index (χ3n) is 3.48. The van der Waals surface area contributed by atoms with E-state index in [9.17, 15) is 4.79 Å². The zero-order valence-corrected chi connectivity index (χ0v) is 13.1. The molecule has 0 atom stereocenters. The molecule has 0 bridgehead atoms. The van der Waals surface area contributed by atoms with Gasteiger partial charge in [-0.25, -0.2) is 0 Å². The Morgan fingerprint density at radius 3 is 2.67 bits per heavy atom. The minimum absolute atomic E-state index is 0.148. The van der Waals surface area contributed by atoms with Crippen LogP contribution in [0.3, 0.4) is 0 Å². The minimum atomic E-state index is 0.148. The number of ether oxygens (including phenoxy) is 1. The average molecular weight is 322 g/mol. The van der Waals surface area contributed by atoms with E-state index >= 15 is 0 Å². The van der Waals surface area contributed by atoms with Crippen LogP contribution >= 0.6 is 22.9 Å². The van der Waals surface area contributed by atoms with Gasteiger partial charge in [-0.1, -0.05) is 11.6 Å². The van der Waals surface area contributed by atoms with Gasteiger partial charge in [0.05, 0.1) is 4.88 Å². The lowest BCUT2D eigenvalue weighted by atomic mass is 10.3. The zero-order valence-electron chi connectivity index (χ0n) is 11.5. The molecule has 1 amide bonds. The Hall–Kier alpha value is -1.52. The fourth-order valence-corrected chi connectivity index (χ4v) is 3.33. The first-order valence-electron chi connectivity index (χ1n) is 6.97. The van der Waals surface area contributed by atoms with E-state index in [1.54, 1.807) is 12.1 Å². The van der Waals surface area contributed by atoms with E-state index in [0.717, 1.165) is 42.1 Å². The van der Waals surface area contributed by atoms with Crippen LogP contribution in [-0.4, -0.2) is 23.9 Å². The number of nitrogens with zero attached hydrogens (tertiary/aromatic N) is 1. The Bertz CT molecular complexity index is 617. The Balaban J connectivity index is 1.59. The molecule has 21 heavy (non-hydrogen) atoms. The number of hydrogen-bond donors (Lipinski definition) is 0. The van der Waals surface area contributed by atoms with E-state index in [-0.39, 0.29) is 5.91 Å². The number of rotatable bonds is 4. The summed E-state index contributed by atoms with van der Waals surface area (Å²) >= 11 is 7.32. The minimum Gasteiger partial charge on any atom is -0.489 e. The summed E-state index contributed by atoms with van der Waals surface area (Å²) in [6.07, 6.45) is 2.23. The van der Waals surface area contributed by atoms with Crippen molar-refractivity contribution in [3.8, 4) is 5.75 Å². The molecule has 1 fully saturated rings. The van der Waals surface area contributed by atoms with Crippen LogP contribution in [0.15, 0.2) is 35.7 Å². The zero-order chi connectivity index (χ0) is 14.7. The molecular weight excluding hydrogens is 306 g/mol. The Morgan fingerprint density at radius 1 is 1.24 bits per heavy atom. The molecule has 3 rings (SSSR count). The molecule has 0 saturated carbocycles. The summed E-state index contributed by atoms with van der Waals surface area (Å²) in [5, 5.41) is 2.68. The third-order valence-corrected chi connectivity index (χ3v) is 4.70. The van der Waals surface area contributed by atoms with Gasteiger partial charge in [0.1, 0.15) is 12.4 Å². The quantitative estimate of drug-likeness (QED) is 0.844. The molecule has 1 aromatic heterocycles. The summed E-state index contributed by atoms with van der Waals surface area (Å²) in [4.78, 5) is 15.0. The van der Waals surface area contributed by atoms with Gasteiger partial charge in [0, 0.05) is 23.7 Å². The largest absolute Gasteiger partial charge is 0.489 e. The van der Waals surface area contributed by atoms with Gasteiger partial charge in [0.15, 0.2) is 0 Å². The fourth-order valence-electron chi connectivity index (χ4n) is 2.34. The highest BCUT2D eigenvalue weighted by Crippen LogP contribution is 2.22. The van der Waals surface area contributed by atoms with Crippen LogP contribution < -0.4 is 4.74 Å². The van der Waals surface area contributed by atoms with Crippen molar-refractivity contribution in [3.05, 3.63) is 51.2 Å². The van der Waals surface area contributed by atoms with E-state index in [1.807, 2.05) is 28.5 Å². The van der Waals surface area contributed by atoms with E-state index in [0.29, 0.717) is 11.6 Å². The second kappa shape index (κ2) is 6.50. The van der Waals surface area contributed by atoms with Crippen molar-refractivity contribution in [1.29, 1.82) is 0 Å². The maximum Gasteiger partial charge on any atom is 0.263 e. The van der Waals surface area contributed by atoms with Crippen molar-refractivity contribution in [2.45, 2.75) is 19.4 Å². The third kappa shape index (κ3) is 3.57. The topological polar surface area (TPSA) is 29.5 Å². The van der Waals surface area contributed by atoms with Gasteiger partial charge in [-0.2, -0.15) is 0 Å². The summed E-state index contributed by atoms with van der Waals surface area (Å²) in [5.41, 5.74) is 1.03. The van der Waals surface area contributed by atoms with Crippen molar-refractivity contribution in [2.24, 2.45) is 0 Å². The van der Waals surface area contributed by atoms with Gasteiger partial charge < -0.3 is 9.64 Å². The molecule has 0 radical (unpaired) electrons. The monoisotopic (exact) mass is 321 g/mol. The fraction of sp³-hybridized carbons (Fsp3) is 0.312. The lowest BCUT2D eigenvalue weighted by Crippen LogP contribution is -2.26. The van der Waals surface area contributed by atoms with Crippen LogP contribution in [0.25, 0.3) is 0 Å². The number of carbonyl (C=O) groups excluding carboxylic acids is 1. The number of halogens is 1. The van der Waals surface area contributed by atoms with E-state index in [1.165, 1.54) is 11.3 Å². The van der Waals surface area contributed by atoms with Gasteiger partial charge in [0.25, 0.3) is 5.91 Å². The average Bonchev–Trinajstić information content (AvgIpc) is 3.18. The second-order valence-corrected chi connectivity index (χ2v) is 6.41. The van der Waals surface area contributed by atoms with Crippen LogP contribution in [-0.2, 0) is 6.61 Å². The summed E-state index contributed by atoms with van der Waals surface area (Å²) in [5.74, 6) is 0.924. The maximum atomic E-state index is 12.3. The maximum absolute atomic E-state index is 12.3. The summed E-state index contributed by atoms with van der Waals surface area (Å²) < 4.78 is 5.69. The van der Waals surface area contributed by atoms with Crippen molar-refractivity contribution < 1.29 is 9.53 Å². The van der Waals surface area contributed by atoms with E-state index < -0.39 is 0 Å². The first-order chi connectivity index (χ1) is 10.2. The van der Waals surface area contributed by atoms with Crippen molar-refractivity contribution in [2.75, 3.05) is 13.1 Å². The number of likely N-dealkylation sites (tertiary alicyclic amines) is 1. The van der Waals surface area contributed by atoms with E-state index in [2.05, 4.69) is 0 Å². The molecule has 0 unspecified atom stereocenters. The van der Waals surface area contributed by atoms with Gasteiger partial charge in [-0.05, 0) is 48.6 Å². The molecule has 1 aromatic carbocycles. The summed E-state index contributed by atoms with van der Waals surface area (Å²) in [6, 6.07) is 9.21. The molecule has 5 heteroatoms. The molecule has 0 aliphatic carbocycles. The molecule has 1 saturated heterocycles. The van der Waals surface area contributed by atoms with Crippen LogP contribution in [0.4, 0.5) is 0 Å². The standard InChI is InChI=1S/C16H16ClNO2S/c17-13-3-5-14(6-4-13)20-10-12-9-15(21-11-12)16(19)18-7-1-2-8-18/h3-6,9,11H,1-2,7-8,10H2. The van der Waals surface area contributed by atoms with Crippen LogP contribution in [0, 0.1) is 0 Å². The molecule has 0 N–H and O–H groups in total. The number of carbonyl (C=O) groups is 1. The molecule has 1 aliphatic heterocycles. The highest BCUT2D eigenvalue weighted by molar-refractivity contribution is 7.12. The number of benzene rings is 1. The lowest BCUT2D eigenvalue weighted by Gasteiger charge is -2.13. The van der Waals surface area contributed by atoms with E-state index in [4.69, 9.17) is 16.3 Å². The van der Waals surface area contributed by atoms with Gasteiger partial charge in [0.2, 0.25) is 0 Å². The highest BCUT2D eigenvalue weighted by Gasteiger charge is 2.20. The first-order valence-corrected chi connectivity index (χ1v) is 8.23. The molecule has 0 spiro atoms.